The maximum atomic E-state index is 13.9. The van der Waals surface area contributed by atoms with Crippen LogP contribution in [0.15, 0.2) is 60.9 Å². The van der Waals surface area contributed by atoms with E-state index in [1.807, 2.05) is 0 Å². The molecule has 5 rings (SSSR count). The Morgan fingerprint density at radius 2 is 1.85 bits per heavy atom. The van der Waals surface area contributed by atoms with E-state index in [0.29, 0.717) is 25.1 Å². The van der Waals surface area contributed by atoms with E-state index >= 15 is 0 Å². The van der Waals surface area contributed by atoms with Crippen molar-refractivity contribution in [3.63, 3.8) is 0 Å². The lowest BCUT2D eigenvalue weighted by atomic mass is 10.0. The predicted octanol–water partition coefficient (Wildman–Crippen LogP) is 5.92. The largest absolute Gasteiger partial charge is 0.417 e. The van der Waals surface area contributed by atoms with Crippen molar-refractivity contribution < 1.29 is 22.4 Å². The van der Waals surface area contributed by atoms with Crippen LogP contribution < -0.4 is 5.32 Å². The van der Waals surface area contributed by atoms with Gasteiger partial charge in [-0.3, -0.25) is 14.6 Å². The van der Waals surface area contributed by atoms with Crippen LogP contribution in [0.4, 0.5) is 17.6 Å². The van der Waals surface area contributed by atoms with Crippen LogP contribution in [0.3, 0.4) is 0 Å². The van der Waals surface area contributed by atoms with E-state index < -0.39 is 17.6 Å². The molecule has 1 fully saturated rings. The van der Waals surface area contributed by atoms with Crippen molar-refractivity contribution in [2.24, 2.45) is 0 Å². The highest BCUT2D eigenvalue weighted by atomic mass is 19.4. The molecule has 1 aliphatic carbocycles. The number of amides is 1. The second kappa shape index (κ2) is 11.4. The number of carbonyl (C=O) groups is 1. The van der Waals surface area contributed by atoms with Gasteiger partial charge in [0.15, 0.2) is 5.69 Å². The molecule has 0 radical (unpaired) electrons. The number of H-pyrrole nitrogens is 1. The molecule has 2 N–H and O–H groups in total. The molecule has 1 amide bonds. The van der Waals surface area contributed by atoms with Crippen molar-refractivity contribution in [1.29, 1.82) is 0 Å². The second-order valence-corrected chi connectivity index (χ2v) is 9.81. The molecule has 0 bridgehead atoms. The summed E-state index contributed by atoms with van der Waals surface area (Å²) in [4.78, 5) is 17.6. The van der Waals surface area contributed by atoms with E-state index in [0.717, 1.165) is 37.3 Å². The van der Waals surface area contributed by atoms with Crippen LogP contribution in [0, 0.1) is 5.82 Å². The number of halogens is 4. The Balaban J connectivity index is 1.42. The molecular weight excluding hydrogens is 512 g/mol. The molecule has 11 heteroatoms. The molecule has 4 aromatic rings. The van der Waals surface area contributed by atoms with Crippen LogP contribution in [-0.4, -0.2) is 36.9 Å². The fraction of sp³-hybridized carbons (Fsp3) is 0.357. The van der Waals surface area contributed by atoms with Gasteiger partial charge in [0.05, 0.1) is 17.3 Å². The fourth-order valence-corrected chi connectivity index (χ4v) is 5.13. The van der Waals surface area contributed by atoms with E-state index in [1.165, 1.54) is 36.7 Å². The Bertz CT molecular complexity index is 1390. The van der Waals surface area contributed by atoms with Crippen LogP contribution >= 0.6 is 0 Å². The molecule has 2 aromatic heterocycles. The molecule has 204 valence electrons. The summed E-state index contributed by atoms with van der Waals surface area (Å²) < 4.78 is 56.5. The highest BCUT2D eigenvalue weighted by molar-refractivity contribution is 5.93. The summed E-state index contributed by atoms with van der Waals surface area (Å²) in [5.41, 5.74) is 0.470. The first-order chi connectivity index (χ1) is 18.8. The summed E-state index contributed by atoms with van der Waals surface area (Å²) in [6, 6.07) is 12.5. The highest BCUT2D eigenvalue weighted by Gasteiger charge is 2.35. The molecule has 0 saturated heterocycles. The zero-order valence-electron chi connectivity index (χ0n) is 21.1. The normalized spacial score (nSPS) is 15.0. The number of rotatable bonds is 9. The second-order valence-electron chi connectivity index (χ2n) is 9.81. The molecule has 7 nitrogen and oxygen atoms in total. The minimum Gasteiger partial charge on any atom is -0.347 e. The number of aromatic nitrogens is 5. The van der Waals surface area contributed by atoms with Gasteiger partial charge in [-0.2, -0.15) is 23.4 Å². The van der Waals surface area contributed by atoms with Crippen molar-refractivity contribution in [3.8, 4) is 11.3 Å². The SMILES string of the molecule is O=C(N[C@@H](CCc1ccc(F)cc1)Cc1ncn[nH]1)c1cc(-c2ccccc2C(F)(F)F)n(C2CCCC2)n1. The van der Waals surface area contributed by atoms with Gasteiger partial charge in [0.25, 0.3) is 5.91 Å². The van der Waals surface area contributed by atoms with Gasteiger partial charge in [-0.15, -0.1) is 0 Å². The Labute approximate surface area is 222 Å². The minimum absolute atomic E-state index is 0.00188. The van der Waals surface area contributed by atoms with Crippen molar-refractivity contribution in [3.05, 3.63) is 89.4 Å². The lowest BCUT2D eigenvalue weighted by Gasteiger charge is -2.18. The van der Waals surface area contributed by atoms with Gasteiger partial charge in [0.2, 0.25) is 0 Å². The molecule has 0 unspecified atom stereocenters. The lowest BCUT2D eigenvalue weighted by Crippen LogP contribution is -2.37. The number of aromatic amines is 1. The predicted molar refractivity (Wildman–Crippen MR) is 136 cm³/mol. The summed E-state index contributed by atoms with van der Waals surface area (Å²) in [6.45, 7) is 0. The maximum absolute atomic E-state index is 13.9. The van der Waals surface area contributed by atoms with Crippen molar-refractivity contribution in [2.75, 3.05) is 0 Å². The highest BCUT2D eigenvalue weighted by Crippen LogP contribution is 2.40. The lowest BCUT2D eigenvalue weighted by molar-refractivity contribution is -0.137. The van der Waals surface area contributed by atoms with Gasteiger partial charge in [0.1, 0.15) is 18.0 Å². The average molecular weight is 541 g/mol. The maximum Gasteiger partial charge on any atom is 0.417 e. The van der Waals surface area contributed by atoms with Gasteiger partial charge in [-0.05, 0) is 55.5 Å². The van der Waals surface area contributed by atoms with E-state index in [9.17, 15) is 22.4 Å². The number of hydrogen-bond acceptors (Lipinski definition) is 4. The molecule has 1 saturated carbocycles. The van der Waals surface area contributed by atoms with Crippen molar-refractivity contribution >= 4 is 5.91 Å². The quantitative estimate of drug-likeness (QED) is 0.258. The number of hydrogen-bond donors (Lipinski definition) is 2. The van der Waals surface area contributed by atoms with Gasteiger partial charge in [-0.1, -0.05) is 43.2 Å². The zero-order chi connectivity index (χ0) is 27.4. The summed E-state index contributed by atoms with van der Waals surface area (Å²) in [5.74, 6) is -0.234. The average Bonchev–Trinajstić information content (AvgIpc) is 3.70. The minimum atomic E-state index is -4.55. The molecule has 2 heterocycles. The Morgan fingerprint density at radius 3 is 2.54 bits per heavy atom. The van der Waals surface area contributed by atoms with Crippen LogP contribution in [0.5, 0.6) is 0 Å². The first-order valence-corrected chi connectivity index (χ1v) is 12.9. The smallest absolute Gasteiger partial charge is 0.347 e. The first-order valence-electron chi connectivity index (χ1n) is 12.9. The third-order valence-electron chi connectivity index (χ3n) is 7.08. The Hall–Kier alpha value is -4.02. The summed E-state index contributed by atoms with van der Waals surface area (Å²) in [5, 5.41) is 14.2. The van der Waals surface area contributed by atoms with Crippen molar-refractivity contribution in [1.82, 2.24) is 30.3 Å². The number of nitrogens with zero attached hydrogens (tertiary/aromatic N) is 4. The molecular formula is C28H28F4N6O. The zero-order valence-corrected chi connectivity index (χ0v) is 21.1. The monoisotopic (exact) mass is 540 g/mol. The number of nitrogens with one attached hydrogen (secondary N) is 2. The van der Waals surface area contributed by atoms with E-state index in [4.69, 9.17) is 0 Å². The summed E-state index contributed by atoms with van der Waals surface area (Å²) in [7, 11) is 0. The molecule has 2 aromatic carbocycles. The molecule has 1 atom stereocenters. The van der Waals surface area contributed by atoms with Crippen LogP contribution in [0.1, 0.15) is 65.6 Å². The Kier molecular flexibility index (Phi) is 7.76. The number of alkyl halides is 3. The molecule has 0 aliphatic heterocycles. The van der Waals surface area contributed by atoms with Crippen LogP contribution in [-0.2, 0) is 19.0 Å². The van der Waals surface area contributed by atoms with Crippen LogP contribution in [0.25, 0.3) is 11.3 Å². The number of carbonyl (C=O) groups excluding carboxylic acids is 1. The summed E-state index contributed by atoms with van der Waals surface area (Å²) >= 11 is 0. The first kappa shape index (κ1) is 26.6. The van der Waals surface area contributed by atoms with Crippen LogP contribution in [0.2, 0.25) is 0 Å². The standard InChI is InChI=1S/C28H28F4N6O/c29-19-12-9-18(10-13-19)11-14-20(15-26-33-17-34-36-26)35-27(39)24-16-25(38(37-24)21-5-1-2-6-21)22-7-3-4-8-23(22)28(30,31)32/h3-4,7-10,12-13,16-17,20-21H,1-2,5-6,11,14-15H2,(H,35,39)(H,33,34,36)/t20-/m0/s1. The van der Waals surface area contributed by atoms with Gasteiger partial charge >= 0.3 is 6.18 Å². The third-order valence-corrected chi connectivity index (χ3v) is 7.08. The van der Waals surface area contributed by atoms with E-state index in [2.05, 4.69) is 25.6 Å². The molecule has 39 heavy (non-hydrogen) atoms. The van der Waals surface area contributed by atoms with E-state index in [-0.39, 0.29) is 34.9 Å². The van der Waals surface area contributed by atoms with Crippen molar-refractivity contribution in [2.45, 2.75) is 63.2 Å². The fourth-order valence-electron chi connectivity index (χ4n) is 5.13. The number of benzene rings is 2. The summed E-state index contributed by atoms with van der Waals surface area (Å²) in [6.07, 6.45) is 1.76. The third kappa shape index (κ3) is 6.35. The van der Waals surface area contributed by atoms with E-state index in [1.54, 1.807) is 22.9 Å². The van der Waals surface area contributed by atoms with Gasteiger partial charge in [0, 0.05) is 18.0 Å². The van der Waals surface area contributed by atoms with Gasteiger partial charge < -0.3 is 5.32 Å². The topological polar surface area (TPSA) is 88.5 Å². The number of aryl methyl sites for hydroxylation is 1. The molecule has 0 spiro atoms. The Morgan fingerprint density at radius 1 is 1.10 bits per heavy atom. The molecule has 1 aliphatic rings. The van der Waals surface area contributed by atoms with Gasteiger partial charge in [-0.25, -0.2) is 9.37 Å².